The first kappa shape index (κ1) is 10.9. The van der Waals surface area contributed by atoms with Gasteiger partial charge in [-0.05, 0) is 30.9 Å². The molecule has 82 valence electrons. The second-order valence-corrected chi connectivity index (χ2v) is 4.53. The van der Waals surface area contributed by atoms with Crippen molar-refractivity contribution in [2.75, 3.05) is 0 Å². The number of nitrogens with one attached hydrogen (secondary N) is 1. The first-order chi connectivity index (χ1) is 7.31. The zero-order valence-electron chi connectivity index (χ0n) is 8.62. The van der Waals surface area contributed by atoms with E-state index in [2.05, 4.69) is 10.4 Å². The minimum Gasteiger partial charge on any atom is -0.271 e. The lowest BCUT2D eigenvalue weighted by atomic mass is 9.95. The maximum absolute atomic E-state index is 5.81. The van der Waals surface area contributed by atoms with Gasteiger partial charge in [-0.3, -0.25) is 16.3 Å². The Morgan fingerprint density at radius 2 is 2.13 bits per heavy atom. The van der Waals surface area contributed by atoms with Gasteiger partial charge in [0.1, 0.15) is 0 Å². The summed E-state index contributed by atoms with van der Waals surface area (Å²) in [7, 11) is 0. The molecule has 4 heteroatoms. The van der Waals surface area contributed by atoms with Crippen molar-refractivity contribution in [1.29, 1.82) is 0 Å². The molecule has 0 aliphatic heterocycles. The topological polar surface area (TPSA) is 50.9 Å². The minimum atomic E-state index is 0.171. The number of nitrogens with two attached hydrogens (primary N) is 1. The van der Waals surface area contributed by atoms with Crippen molar-refractivity contribution in [1.82, 2.24) is 10.4 Å². The van der Waals surface area contributed by atoms with E-state index in [1.807, 2.05) is 12.1 Å². The average Bonchev–Trinajstić information content (AvgIpc) is 2.75. The van der Waals surface area contributed by atoms with Crippen molar-refractivity contribution in [2.45, 2.75) is 31.7 Å². The Hall–Kier alpha value is -0.640. The average molecular weight is 226 g/mol. The molecule has 1 saturated carbocycles. The Morgan fingerprint density at radius 3 is 2.67 bits per heavy atom. The van der Waals surface area contributed by atoms with E-state index in [-0.39, 0.29) is 6.04 Å². The summed E-state index contributed by atoms with van der Waals surface area (Å²) in [5, 5.41) is 0.668. The highest BCUT2D eigenvalue weighted by Gasteiger charge is 2.26. The predicted molar refractivity (Wildman–Crippen MR) is 61.3 cm³/mol. The van der Waals surface area contributed by atoms with Crippen LogP contribution < -0.4 is 11.3 Å². The smallest absolute Gasteiger partial charge is 0.0660 e. The summed E-state index contributed by atoms with van der Waals surface area (Å²) in [4.78, 5) is 4.32. The summed E-state index contributed by atoms with van der Waals surface area (Å²) in [5.74, 6) is 6.21. The summed E-state index contributed by atoms with van der Waals surface area (Å²) in [6.07, 6.45) is 6.75. The molecule has 1 aliphatic carbocycles. The van der Waals surface area contributed by atoms with Crippen molar-refractivity contribution >= 4 is 11.6 Å². The maximum Gasteiger partial charge on any atom is 0.0660 e. The van der Waals surface area contributed by atoms with Crippen LogP contribution in [0.4, 0.5) is 0 Å². The summed E-state index contributed by atoms with van der Waals surface area (Å²) >= 11 is 5.81. The third-order valence-corrected chi connectivity index (χ3v) is 3.34. The van der Waals surface area contributed by atoms with Crippen LogP contribution in [0.15, 0.2) is 18.3 Å². The Morgan fingerprint density at radius 1 is 1.40 bits per heavy atom. The molecule has 0 spiro atoms. The second kappa shape index (κ2) is 4.92. The van der Waals surface area contributed by atoms with E-state index in [0.29, 0.717) is 10.9 Å². The zero-order chi connectivity index (χ0) is 10.7. The number of nitrogens with zero attached hydrogens (tertiary/aromatic N) is 1. The van der Waals surface area contributed by atoms with Crippen molar-refractivity contribution in [3.8, 4) is 0 Å². The van der Waals surface area contributed by atoms with Gasteiger partial charge in [0.25, 0.3) is 0 Å². The fourth-order valence-electron chi connectivity index (χ4n) is 2.32. The highest BCUT2D eigenvalue weighted by Crippen LogP contribution is 2.34. The number of halogens is 1. The van der Waals surface area contributed by atoms with Gasteiger partial charge < -0.3 is 0 Å². The van der Waals surface area contributed by atoms with Gasteiger partial charge in [-0.25, -0.2) is 0 Å². The first-order valence-corrected chi connectivity index (χ1v) is 5.76. The highest BCUT2D eigenvalue weighted by atomic mass is 35.5. The lowest BCUT2D eigenvalue weighted by Crippen LogP contribution is -2.33. The van der Waals surface area contributed by atoms with E-state index >= 15 is 0 Å². The van der Waals surface area contributed by atoms with Crippen molar-refractivity contribution in [3.05, 3.63) is 29.0 Å². The minimum absolute atomic E-state index is 0.171. The van der Waals surface area contributed by atoms with E-state index in [1.54, 1.807) is 6.20 Å². The Balaban J connectivity index is 2.14. The number of aromatic nitrogens is 1. The Labute approximate surface area is 95.0 Å². The lowest BCUT2D eigenvalue weighted by Gasteiger charge is -2.21. The molecular formula is C11H16ClN3. The van der Waals surface area contributed by atoms with Gasteiger partial charge in [0.05, 0.1) is 16.8 Å². The van der Waals surface area contributed by atoms with Gasteiger partial charge >= 0.3 is 0 Å². The maximum atomic E-state index is 5.81. The van der Waals surface area contributed by atoms with Gasteiger partial charge in [-0.1, -0.05) is 24.4 Å². The van der Waals surface area contributed by atoms with Crippen LogP contribution in [0.5, 0.6) is 0 Å². The van der Waals surface area contributed by atoms with Crippen LogP contribution in [0.2, 0.25) is 5.02 Å². The van der Waals surface area contributed by atoms with Crippen LogP contribution >= 0.6 is 11.6 Å². The van der Waals surface area contributed by atoms with E-state index in [4.69, 9.17) is 17.4 Å². The van der Waals surface area contributed by atoms with Gasteiger partial charge in [-0.15, -0.1) is 0 Å². The van der Waals surface area contributed by atoms with Crippen LogP contribution in [0.25, 0.3) is 0 Å². The molecular weight excluding hydrogens is 210 g/mol. The molecule has 0 aromatic carbocycles. The quantitative estimate of drug-likeness (QED) is 0.614. The van der Waals surface area contributed by atoms with Gasteiger partial charge in [0.15, 0.2) is 0 Å². The van der Waals surface area contributed by atoms with Crippen molar-refractivity contribution in [3.63, 3.8) is 0 Å². The third kappa shape index (κ3) is 2.48. The number of rotatable bonds is 3. The molecule has 0 saturated heterocycles. The number of pyridine rings is 1. The first-order valence-electron chi connectivity index (χ1n) is 5.39. The van der Waals surface area contributed by atoms with E-state index in [0.717, 1.165) is 5.69 Å². The molecule has 3 N–H and O–H groups in total. The molecule has 3 nitrogen and oxygen atoms in total. The summed E-state index contributed by atoms with van der Waals surface area (Å²) in [6, 6.07) is 3.98. The van der Waals surface area contributed by atoms with Crippen LogP contribution in [0.3, 0.4) is 0 Å². The molecule has 1 heterocycles. The van der Waals surface area contributed by atoms with Crippen LogP contribution in [0, 0.1) is 5.92 Å². The number of hydrazine groups is 1. The molecule has 1 aromatic rings. The standard InChI is InChI=1S/C11H16ClN3/c12-9-5-6-10(14-7-9)11(15-13)8-3-1-2-4-8/h5-8,11,15H,1-4,13H2. The highest BCUT2D eigenvalue weighted by molar-refractivity contribution is 6.30. The summed E-state index contributed by atoms with van der Waals surface area (Å²) in [5.41, 5.74) is 3.87. The van der Waals surface area contributed by atoms with Crippen LogP contribution in [0.1, 0.15) is 37.4 Å². The van der Waals surface area contributed by atoms with Crippen LogP contribution in [-0.2, 0) is 0 Å². The summed E-state index contributed by atoms with van der Waals surface area (Å²) in [6.45, 7) is 0. The van der Waals surface area contributed by atoms with E-state index in [9.17, 15) is 0 Å². The normalized spacial score (nSPS) is 19.3. The number of hydrogen-bond acceptors (Lipinski definition) is 3. The monoisotopic (exact) mass is 225 g/mol. The third-order valence-electron chi connectivity index (χ3n) is 3.12. The predicted octanol–water partition coefficient (Wildman–Crippen LogP) is 2.43. The Kier molecular flexibility index (Phi) is 3.57. The van der Waals surface area contributed by atoms with Gasteiger partial charge in [0, 0.05) is 6.20 Å². The van der Waals surface area contributed by atoms with E-state index in [1.165, 1.54) is 25.7 Å². The molecule has 0 radical (unpaired) electrons. The SMILES string of the molecule is NNC(c1ccc(Cl)cn1)C1CCCC1. The second-order valence-electron chi connectivity index (χ2n) is 4.09. The Bertz CT molecular complexity index is 306. The molecule has 1 unspecified atom stereocenters. The van der Waals surface area contributed by atoms with Gasteiger partial charge in [0.2, 0.25) is 0 Å². The van der Waals surface area contributed by atoms with Gasteiger partial charge in [-0.2, -0.15) is 0 Å². The molecule has 2 rings (SSSR count). The molecule has 1 fully saturated rings. The molecule has 15 heavy (non-hydrogen) atoms. The van der Waals surface area contributed by atoms with Crippen molar-refractivity contribution in [2.24, 2.45) is 11.8 Å². The molecule has 1 aromatic heterocycles. The fourth-order valence-corrected chi connectivity index (χ4v) is 2.44. The zero-order valence-corrected chi connectivity index (χ0v) is 9.37. The molecule has 0 amide bonds. The lowest BCUT2D eigenvalue weighted by molar-refractivity contribution is 0.366. The summed E-state index contributed by atoms with van der Waals surface area (Å²) < 4.78 is 0. The molecule has 0 bridgehead atoms. The van der Waals surface area contributed by atoms with Crippen molar-refractivity contribution < 1.29 is 0 Å². The molecule has 1 atom stereocenters. The fraction of sp³-hybridized carbons (Fsp3) is 0.545. The van der Waals surface area contributed by atoms with E-state index < -0.39 is 0 Å². The largest absolute Gasteiger partial charge is 0.271 e. The number of hydrogen-bond donors (Lipinski definition) is 2. The van der Waals surface area contributed by atoms with Crippen LogP contribution in [-0.4, -0.2) is 4.98 Å². The molecule has 1 aliphatic rings.